The number of likely N-dealkylation sites (tertiary alicyclic amines) is 1. The highest BCUT2D eigenvalue weighted by Crippen LogP contribution is 2.28. The molecule has 2 N–H and O–H groups in total. The number of hydrogen-bond acceptors (Lipinski definition) is 4. The second kappa shape index (κ2) is 8.29. The van der Waals surface area contributed by atoms with E-state index in [1.165, 1.54) is 0 Å². The van der Waals surface area contributed by atoms with Crippen LogP contribution in [0.2, 0.25) is 5.15 Å². The van der Waals surface area contributed by atoms with E-state index in [1.54, 1.807) is 12.3 Å². The molecule has 0 spiro atoms. The Balaban J connectivity index is 0.00000264. The molecule has 1 fully saturated rings. The summed E-state index contributed by atoms with van der Waals surface area (Å²) in [4.78, 5) is 18.6. The minimum Gasteiger partial charge on any atom is -0.396 e. The highest BCUT2D eigenvalue weighted by molar-refractivity contribution is 6.30. The Kier molecular flexibility index (Phi) is 7.27. The van der Waals surface area contributed by atoms with Gasteiger partial charge in [-0.2, -0.15) is 0 Å². The maximum atomic E-state index is 12.2. The number of hydrogen-bond donors (Lipinski definition) is 2. The van der Waals surface area contributed by atoms with E-state index in [4.69, 9.17) is 11.6 Å². The zero-order valence-electron chi connectivity index (χ0n) is 13.8. The van der Waals surface area contributed by atoms with Gasteiger partial charge in [0.2, 0.25) is 5.91 Å². The van der Waals surface area contributed by atoms with E-state index >= 15 is 0 Å². The molecule has 5 nitrogen and oxygen atoms in total. The molecule has 1 saturated heterocycles. The van der Waals surface area contributed by atoms with Crippen molar-refractivity contribution in [1.82, 2.24) is 9.88 Å². The molecular formula is C16H25Cl2N3O2. The van der Waals surface area contributed by atoms with Gasteiger partial charge in [0.1, 0.15) is 5.15 Å². The number of pyridine rings is 1. The van der Waals surface area contributed by atoms with Gasteiger partial charge in [-0.1, -0.05) is 32.4 Å². The zero-order valence-corrected chi connectivity index (χ0v) is 15.4. The summed E-state index contributed by atoms with van der Waals surface area (Å²) in [6, 6.07) is 1.78. The third-order valence-corrected chi connectivity index (χ3v) is 4.27. The number of carbonyl (C=O) groups is 1. The first kappa shape index (κ1) is 20.2. The molecule has 130 valence electrons. The summed E-state index contributed by atoms with van der Waals surface area (Å²) in [6.07, 6.45) is 2.59. The van der Waals surface area contributed by atoms with Crippen LogP contribution in [0.4, 0.5) is 5.69 Å². The predicted molar refractivity (Wildman–Crippen MR) is 95.0 cm³/mol. The molecular weight excluding hydrogens is 337 g/mol. The average Bonchev–Trinajstić information content (AvgIpc) is 2.89. The number of rotatable bonds is 4. The summed E-state index contributed by atoms with van der Waals surface area (Å²) in [5, 5.41) is 12.6. The van der Waals surface area contributed by atoms with Crippen LogP contribution >= 0.6 is 24.0 Å². The first-order valence-electron chi connectivity index (χ1n) is 7.59. The SMILES string of the molecule is CC(C)(C)C(=O)Nc1ccnc(Cl)c1CN1CCC(CO)C1.Cl. The molecule has 23 heavy (non-hydrogen) atoms. The third-order valence-electron chi connectivity index (χ3n) is 3.94. The van der Waals surface area contributed by atoms with Gasteiger partial charge in [-0.3, -0.25) is 9.69 Å². The Labute approximate surface area is 148 Å². The first-order chi connectivity index (χ1) is 10.3. The number of aliphatic hydroxyl groups is 1. The quantitative estimate of drug-likeness (QED) is 0.809. The van der Waals surface area contributed by atoms with Crippen LogP contribution in [0.1, 0.15) is 32.8 Å². The Morgan fingerprint density at radius 3 is 2.78 bits per heavy atom. The van der Waals surface area contributed by atoms with Crippen LogP contribution in [-0.2, 0) is 11.3 Å². The minimum absolute atomic E-state index is 0. The molecule has 0 aromatic carbocycles. The topological polar surface area (TPSA) is 65.5 Å². The van der Waals surface area contributed by atoms with Gasteiger partial charge in [-0.05, 0) is 24.9 Å². The van der Waals surface area contributed by atoms with Crippen LogP contribution in [0.3, 0.4) is 0 Å². The lowest BCUT2D eigenvalue weighted by atomic mass is 9.95. The van der Waals surface area contributed by atoms with Crippen molar-refractivity contribution in [3.63, 3.8) is 0 Å². The molecule has 2 heterocycles. The molecule has 1 amide bonds. The van der Waals surface area contributed by atoms with E-state index in [0.717, 1.165) is 25.1 Å². The normalized spacial score (nSPS) is 18.6. The van der Waals surface area contributed by atoms with Crippen LogP contribution in [0.15, 0.2) is 12.3 Å². The lowest BCUT2D eigenvalue weighted by Crippen LogP contribution is -2.29. The fourth-order valence-electron chi connectivity index (χ4n) is 2.47. The number of aliphatic hydroxyl groups excluding tert-OH is 1. The summed E-state index contributed by atoms with van der Waals surface area (Å²) in [5.74, 6) is 0.272. The number of nitrogens with zero attached hydrogens (tertiary/aromatic N) is 2. The van der Waals surface area contributed by atoms with Crippen molar-refractivity contribution in [2.45, 2.75) is 33.7 Å². The van der Waals surface area contributed by atoms with Crippen LogP contribution in [0.25, 0.3) is 0 Å². The van der Waals surface area contributed by atoms with Crippen molar-refractivity contribution in [1.29, 1.82) is 0 Å². The highest BCUT2D eigenvalue weighted by Gasteiger charge is 2.26. The summed E-state index contributed by atoms with van der Waals surface area (Å²) in [7, 11) is 0. The number of halogens is 2. The molecule has 0 saturated carbocycles. The smallest absolute Gasteiger partial charge is 0.229 e. The van der Waals surface area contributed by atoms with E-state index in [2.05, 4.69) is 15.2 Å². The van der Waals surface area contributed by atoms with E-state index in [-0.39, 0.29) is 24.9 Å². The van der Waals surface area contributed by atoms with Crippen molar-refractivity contribution in [3.8, 4) is 0 Å². The van der Waals surface area contributed by atoms with Crippen molar-refractivity contribution in [2.75, 3.05) is 25.0 Å². The van der Waals surface area contributed by atoms with Crippen LogP contribution in [0, 0.1) is 11.3 Å². The van der Waals surface area contributed by atoms with Crippen molar-refractivity contribution in [2.24, 2.45) is 11.3 Å². The van der Waals surface area contributed by atoms with Gasteiger partial charge >= 0.3 is 0 Å². The predicted octanol–water partition coefficient (Wildman–Crippen LogP) is 2.96. The maximum Gasteiger partial charge on any atom is 0.229 e. The Hall–Kier alpha value is -0.880. The van der Waals surface area contributed by atoms with Gasteiger partial charge in [-0.25, -0.2) is 4.98 Å². The fraction of sp³-hybridized carbons (Fsp3) is 0.625. The maximum absolute atomic E-state index is 12.2. The number of nitrogens with one attached hydrogen (secondary N) is 1. The number of amides is 1. The number of aromatic nitrogens is 1. The largest absolute Gasteiger partial charge is 0.396 e. The molecule has 0 aliphatic carbocycles. The molecule has 1 atom stereocenters. The van der Waals surface area contributed by atoms with Gasteiger partial charge in [0, 0.05) is 42.6 Å². The standard InChI is InChI=1S/C16H24ClN3O2.ClH/c1-16(2,3)15(22)19-13-4-6-18-14(17)12(13)9-20-7-5-11(8-20)10-21;/h4,6,11,21H,5,7-10H2,1-3H3,(H,18,19,22);1H. The van der Waals surface area contributed by atoms with Crippen molar-refractivity contribution >= 4 is 35.6 Å². The van der Waals surface area contributed by atoms with E-state index < -0.39 is 5.41 Å². The summed E-state index contributed by atoms with van der Waals surface area (Å²) < 4.78 is 0. The van der Waals surface area contributed by atoms with Crippen molar-refractivity contribution < 1.29 is 9.90 Å². The molecule has 1 unspecified atom stereocenters. The Bertz CT molecular complexity index is 547. The monoisotopic (exact) mass is 361 g/mol. The summed E-state index contributed by atoms with van der Waals surface area (Å²) >= 11 is 6.24. The molecule has 7 heteroatoms. The molecule has 0 radical (unpaired) electrons. The zero-order chi connectivity index (χ0) is 16.3. The van der Waals surface area contributed by atoms with E-state index in [0.29, 0.717) is 23.3 Å². The number of anilines is 1. The van der Waals surface area contributed by atoms with Gasteiger partial charge < -0.3 is 10.4 Å². The lowest BCUT2D eigenvalue weighted by molar-refractivity contribution is -0.123. The first-order valence-corrected chi connectivity index (χ1v) is 7.97. The summed E-state index contributed by atoms with van der Waals surface area (Å²) in [6.45, 7) is 8.22. The summed E-state index contributed by atoms with van der Waals surface area (Å²) in [5.41, 5.74) is 1.08. The third kappa shape index (κ3) is 5.31. The van der Waals surface area contributed by atoms with Gasteiger partial charge in [0.25, 0.3) is 0 Å². The molecule has 0 bridgehead atoms. The second-order valence-corrected chi connectivity index (χ2v) is 7.26. The Morgan fingerprint density at radius 1 is 1.52 bits per heavy atom. The van der Waals surface area contributed by atoms with Crippen LogP contribution < -0.4 is 5.32 Å². The average molecular weight is 362 g/mol. The lowest BCUT2D eigenvalue weighted by Gasteiger charge is -2.22. The number of carbonyl (C=O) groups excluding carboxylic acids is 1. The second-order valence-electron chi connectivity index (χ2n) is 6.90. The van der Waals surface area contributed by atoms with Gasteiger partial charge in [0.05, 0.1) is 0 Å². The fourth-order valence-corrected chi connectivity index (χ4v) is 2.69. The van der Waals surface area contributed by atoms with Crippen LogP contribution in [-0.4, -0.2) is 40.6 Å². The van der Waals surface area contributed by atoms with Crippen LogP contribution in [0.5, 0.6) is 0 Å². The molecule has 1 aromatic rings. The van der Waals surface area contributed by atoms with Crippen molar-refractivity contribution in [3.05, 3.63) is 23.0 Å². The van der Waals surface area contributed by atoms with E-state index in [1.807, 2.05) is 20.8 Å². The van der Waals surface area contributed by atoms with E-state index in [9.17, 15) is 9.90 Å². The van der Waals surface area contributed by atoms with Gasteiger partial charge in [-0.15, -0.1) is 12.4 Å². The molecule has 1 aliphatic rings. The molecule has 1 aromatic heterocycles. The molecule has 2 rings (SSSR count). The highest BCUT2D eigenvalue weighted by atomic mass is 35.5. The minimum atomic E-state index is -0.470. The van der Waals surface area contributed by atoms with Gasteiger partial charge in [0.15, 0.2) is 0 Å². The molecule has 1 aliphatic heterocycles. The Morgan fingerprint density at radius 2 is 2.22 bits per heavy atom.